The van der Waals surface area contributed by atoms with Crippen LogP contribution in [0.1, 0.15) is 31.2 Å². The maximum absolute atomic E-state index is 11.5. The van der Waals surface area contributed by atoms with Crippen LogP contribution in [0.15, 0.2) is 10.8 Å². The summed E-state index contributed by atoms with van der Waals surface area (Å²) < 4.78 is 5.02. The lowest BCUT2D eigenvalue weighted by Crippen LogP contribution is -2.42. The van der Waals surface area contributed by atoms with Crippen LogP contribution in [-0.2, 0) is 6.54 Å². The van der Waals surface area contributed by atoms with E-state index in [-0.39, 0.29) is 18.7 Å². The number of urea groups is 1. The topological polar surface area (TPSA) is 87.4 Å². The Hall–Kier alpha value is -1.56. The Morgan fingerprint density at radius 3 is 2.94 bits per heavy atom. The van der Waals surface area contributed by atoms with Gasteiger partial charge in [-0.05, 0) is 19.8 Å². The Bertz CT molecular complexity index is 351. The minimum Gasteiger partial charge on any atom is -0.448 e. The van der Waals surface area contributed by atoms with E-state index in [4.69, 9.17) is 9.52 Å². The molecule has 6 heteroatoms. The third kappa shape index (κ3) is 4.44. The van der Waals surface area contributed by atoms with E-state index >= 15 is 0 Å². The first kappa shape index (κ1) is 13.5. The number of nitrogens with zero attached hydrogens (tertiary/aromatic N) is 1. The van der Waals surface area contributed by atoms with Crippen LogP contribution in [-0.4, -0.2) is 28.8 Å². The molecule has 0 aliphatic rings. The number of rotatable bonds is 6. The second kappa shape index (κ2) is 6.90. The van der Waals surface area contributed by atoms with Crippen molar-refractivity contribution >= 4 is 6.03 Å². The minimum atomic E-state index is -0.257. The number of aromatic nitrogens is 1. The molecule has 1 heterocycles. The maximum Gasteiger partial charge on any atom is 0.315 e. The molecule has 0 spiro atoms. The quantitative estimate of drug-likeness (QED) is 0.691. The van der Waals surface area contributed by atoms with Crippen LogP contribution in [0.5, 0.6) is 0 Å². The van der Waals surface area contributed by atoms with E-state index in [1.165, 1.54) is 6.39 Å². The minimum absolute atomic E-state index is 0.00148. The summed E-state index contributed by atoms with van der Waals surface area (Å²) in [6, 6.07) is -0.258. The SMILES string of the molecule is CCC(CCO)NC(=O)NCc1ncoc1C. The number of carbonyl (C=O) groups is 1. The molecule has 96 valence electrons. The molecule has 17 heavy (non-hydrogen) atoms. The van der Waals surface area contributed by atoms with Crippen molar-refractivity contribution in [1.82, 2.24) is 15.6 Å². The van der Waals surface area contributed by atoms with Crippen molar-refractivity contribution in [3.05, 3.63) is 17.8 Å². The molecular weight excluding hydrogens is 222 g/mol. The van der Waals surface area contributed by atoms with Crippen LogP contribution < -0.4 is 10.6 Å². The van der Waals surface area contributed by atoms with Crippen molar-refractivity contribution in [1.29, 1.82) is 0 Å². The van der Waals surface area contributed by atoms with E-state index in [0.717, 1.165) is 12.1 Å². The van der Waals surface area contributed by atoms with Gasteiger partial charge in [0.05, 0.1) is 6.54 Å². The zero-order valence-corrected chi connectivity index (χ0v) is 10.2. The third-order valence-corrected chi connectivity index (χ3v) is 2.57. The Labute approximate surface area is 100 Å². The van der Waals surface area contributed by atoms with E-state index < -0.39 is 0 Å². The highest BCUT2D eigenvalue weighted by atomic mass is 16.3. The largest absolute Gasteiger partial charge is 0.448 e. The summed E-state index contributed by atoms with van der Waals surface area (Å²) in [4.78, 5) is 15.5. The van der Waals surface area contributed by atoms with E-state index in [2.05, 4.69) is 15.6 Å². The van der Waals surface area contributed by atoms with Gasteiger partial charge in [-0.3, -0.25) is 0 Å². The summed E-state index contributed by atoms with van der Waals surface area (Å²) in [6.07, 6.45) is 2.70. The molecule has 3 N–H and O–H groups in total. The van der Waals surface area contributed by atoms with Crippen LogP contribution in [0.3, 0.4) is 0 Å². The fraction of sp³-hybridized carbons (Fsp3) is 0.636. The summed E-state index contributed by atoms with van der Waals surface area (Å²) in [5, 5.41) is 14.3. The van der Waals surface area contributed by atoms with Gasteiger partial charge in [0, 0.05) is 12.6 Å². The fourth-order valence-corrected chi connectivity index (χ4v) is 1.43. The predicted octanol–water partition coefficient (Wildman–Crippen LogP) is 0.943. The molecule has 0 aliphatic heterocycles. The first-order valence-electron chi connectivity index (χ1n) is 5.71. The normalized spacial score (nSPS) is 12.2. The second-order valence-corrected chi connectivity index (χ2v) is 3.80. The average Bonchev–Trinajstić information content (AvgIpc) is 2.71. The van der Waals surface area contributed by atoms with Gasteiger partial charge in [0.2, 0.25) is 0 Å². The number of hydrogen-bond acceptors (Lipinski definition) is 4. The van der Waals surface area contributed by atoms with Crippen molar-refractivity contribution in [3.8, 4) is 0 Å². The van der Waals surface area contributed by atoms with Gasteiger partial charge in [-0.25, -0.2) is 9.78 Å². The molecule has 1 aromatic rings. The summed E-state index contributed by atoms with van der Waals surface area (Å²) in [7, 11) is 0. The number of nitrogens with one attached hydrogen (secondary N) is 2. The molecule has 1 unspecified atom stereocenters. The van der Waals surface area contributed by atoms with Crippen LogP contribution >= 0.6 is 0 Å². The van der Waals surface area contributed by atoms with Crippen LogP contribution in [0, 0.1) is 6.92 Å². The number of aliphatic hydroxyl groups is 1. The Morgan fingerprint density at radius 2 is 2.41 bits per heavy atom. The van der Waals surface area contributed by atoms with Crippen molar-refractivity contribution in [2.75, 3.05) is 6.61 Å². The standard InChI is InChI=1S/C11H19N3O3/c1-3-9(4-5-15)14-11(16)12-6-10-8(2)17-7-13-10/h7,9,15H,3-6H2,1-2H3,(H2,12,14,16). The fourth-order valence-electron chi connectivity index (χ4n) is 1.43. The highest BCUT2D eigenvalue weighted by molar-refractivity contribution is 5.74. The van der Waals surface area contributed by atoms with Crippen molar-refractivity contribution in [2.24, 2.45) is 0 Å². The molecule has 0 fully saturated rings. The van der Waals surface area contributed by atoms with Gasteiger partial charge in [0.25, 0.3) is 0 Å². The van der Waals surface area contributed by atoms with Gasteiger partial charge in [-0.1, -0.05) is 6.92 Å². The molecule has 0 saturated carbocycles. The Balaban J connectivity index is 2.32. The molecule has 1 rings (SSSR count). The highest BCUT2D eigenvalue weighted by Gasteiger charge is 2.10. The summed E-state index contributed by atoms with van der Waals surface area (Å²) in [5.41, 5.74) is 0.718. The van der Waals surface area contributed by atoms with E-state index in [1.807, 2.05) is 6.92 Å². The lowest BCUT2D eigenvalue weighted by molar-refractivity contribution is 0.227. The number of hydrogen-bond donors (Lipinski definition) is 3. The summed E-state index contributed by atoms with van der Waals surface area (Å²) in [6.45, 7) is 4.16. The van der Waals surface area contributed by atoms with E-state index in [9.17, 15) is 4.79 Å². The number of aliphatic hydroxyl groups excluding tert-OH is 1. The zero-order valence-electron chi connectivity index (χ0n) is 10.2. The molecule has 0 radical (unpaired) electrons. The third-order valence-electron chi connectivity index (χ3n) is 2.57. The van der Waals surface area contributed by atoms with Gasteiger partial charge < -0.3 is 20.2 Å². The van der Waals surface area contributed by atoms with Crippen LogP contribution in [0.4, 0.5) is 4.79 Å². The van der Waals surface area contributed by atoms with Gasteiger partial charge in [-0.15, -0.1) is 0 Å². The first-order chi connectivity index (χ1) is 8.17. The second-order valence-electron chi connectivity index (χ2n) is 3.80. The van der Waals surface area contributed by atoms with Crippen molar-refractivity contribution in [3.63, 3.8) is 0 Å². The average molecular weight is 241 g/mol. The molecule has 0 aliphatic carbocycles. The van der Waals surface area contributed by atoms with Crippen molar-refractivity contribution < 1.29 is 14.3 Å². The Kier molecular flexibility index (Phi) is 5.48. The smallest absolute Gasteiger partial charge is 0.315 e. The molecule has 2 amide bonds. The number of carbonyl (C=O) groups excluding carboxylic acids is 1. The number of oxazole rings is 1. The Morgan fingerprint density at radius 1 is 1.65 bits per heavy atom. The summed E-state index contributed by atoms with van der Waals surface area (Å²) in [5.74, 6) is 0.702. The maximum atomic E-state index is 11.5. The van der Waals surface area contributed by atoms with Crippen LogP contribution in [0.2, 0.25) is 0 Å². The first-order valence-corrected chi connectivity index (χ1v) is 5.71. The monoisotopic (exact) mass is 241 g/mol. The van der Waals surface area contributed by atoms with Gasteiger partial charge in [0.1, 0.15) is 11.5 Å². The highest BCUT2D eigenvalue weighted by Crippen LogP contribution is 2.03. The summed E-state index contributed by atoms with van der Waals surface area (Å²) >= 11 is 0. The number of amides is 2. The predicted molar refractivity (Wildman–Crippen MR) is 62.4 cm³/mol. The lowest BCUT2D eigenvalue weighted by Gasteiger charge is -2.15. The van der Waals surface area contributed by atoms with E-state index in [0.29, 0.717) is 18.7 Å². The molecule has 6 nitrogen and oxygen atoms in total. The molecule has 1 atom stereocenters. The lowest BCUT2D eigenvalue weighted by atomic mass is 10.2. The molecule has 0 bridgehead atoms. The molecular formula is C11H19N3O3. The molecule has 0 saturated heterocycles. The van der Waals surface area contributed by atoms with E-state index in [1.54, 1.807) is 6.92 Å². The zero-order chi connectivity index (χ0) is 12.7. The van der Waals surface area contributed by atoms with Gasteiger partial charge >= 0.3 is 6.03 Å². The van der Waals surface area contributed by atoms with Crippen molar-refractivity contribution in [2.45, 2.75) is 39.3 Å². The number of aryl methyl sites for hydroxylation is 1. The van der Waals surface area contributed by atoms with Gasteiger partial charge in [-0.2, -0.15) is 0 Å². The van der Waals surface area contributed by atoms with Gasteiger partial charge in [0.15, 0.2) is 6.39 Å². The molecule has 0 aromatic carbocycles. The molecule has 1 aromatic heterocycles. The van der Waals surface area contributed by atoms with Crippen LogP contribution in [0.25, 0.3) is 0 Å².